The number of hydrogen-bond donors (Lipinski definition) is 3. The van der Waals surface area contributed by atoms with Crippen molar-refractivity contribution in [3.8, 4) is 0 Å². The van der Waals surface area contributed by atoms with Crippen LogP contribution in [0.15, 0.2) is 0 Å². The SMILES string of the molecule is CN1C(=S)NNC1CO. The lowest BCUT2D eigenvalue weighted by Crippen LogP contribution is -2.37. The molecule has 52 valence electrons. The van der Waals surface area contributed by atoms with Gasteiger partial charge in [-0.15, -0.1) is 0 Å². The molecule has 0 spiro atoms. The number of thiocarbonyl (C=S) groups is 1. The molecule has 1 heterocycles. The Morgan fingerprint density at radius 1 is 1.89 bits per heavy atom. The second kappa shape index (κ2) is 2.47. The molecular formula is C4H9N3OS. The largest absolute Gasteiger partial charge is 0.393 e. The Bertz CT molecular complexity index is 129. The van der Waals surface area contributed by atoms with Crippen LogP contribution in [0.3, 0.4) is 0 Å². The molecule has 0 bridgehead atoms. The number of hydrogen-bond acceptors (Lipinski definition) is 3. The van der Waals surface area contributed by atoms with Crippen molar-refractivity contribution >= 4 is 17.3 Å². The number of likely N-dealkylation sites (N-methyl/N-ethyl adjacent to an activating group) is 1. The number of aliphatic hydroxyl groups is 1. The Labute approximate surface area is 58.8 Å². The van der Waals surface area contributed by atoms with Crippen LogP contribution in [-0.2, 0) is 0 Å². The normalized spacial score (nSPS) is 26.7. The van der Waals surface area contributed by atoms with Crippen molar-refractivity contribution in [2.45, 2.75) is 6.17 Å². The Balaban J connectivity index is 2.51. The zero-order valence-electron chi connectivity index (χ0n) is 5.09. The molecule has 0 aromatic heterocycles. The average molecular weight is 147 g/mol. The Morgan fingerprint density at radius 3 is 2.78 bits per heavy atom. The summed E-state index contributed by atoms with van der Waals surface area (Å²) in [6.07, 6.45) is -0.0718. The van der Waals surface area contributed by atoms with Crippen molar-refractivity contribution in [2.24, 2.45) is 0 Å². The summed E-state index contributed by atoms with van der Waals surface area (Å²) in [6.45, 7) is 0.0592. The van der Waals surface area contributed by atoms with Gasteiger partial charge in [-0.25, -0.2) is 5.43 Å². The van der Waals surface area contributed by atoms with Gasteiger partial charge in [-0.05, 0) is 12.2 Å². The molecule has 0 aliphatic carbocycles. The van der Waals surface area contributed by atoms with E-state index in [2.05, 4.69) is 10.9 Å². The van der Waals surface area contributed by atoms with Gasteiger partial charge in [-0.1, -0.05) is 0 Å². The third-order valence-electron chi connectivity index (χ3n) is 1.31. The molecule has 1 aliphatic heterocycles. The highest BCUT2D eigenvalue weighted by molar-refractivity contribution is 7.80. The first-order valence-corrected chi connectivity index (χ1v) is 3.05. The summed E-state index contributed by atoms with van der Waals surface area (Å²) in [5.74, 6) is 0. The Hall–Kier alpha value is -0.390. The van der Waals surface area contributed by atoms with Gasteiger partial charge >= 0.3 is 0 Å². The minimum Gasteiger partial charge on any atom is -0.393 e. The zero-order valence-corrected chi connectivity index (χ0v) is 5.90. The smallest absolute Gasteiger partial charge is 0.184 e. The van der Waals surface area contributed by atoms with E-state index in [9.17, 15) is 0 Å². The number of hydrazine groups is 1. The van der Waals surface area contributed by atoms with Gasteiger partial charge in [0.2, 0.25) is 0 Å². The van der Waals surface area contributed by atoms with Crippen LogP contribution in [0.2, 0.25) is 0 Å². The maximum atomic E-state index is 8.65. The van der Waals surface area contributed by atoms with Gasteiger partial charge in [0.05, 0.1) is 6.61 Å². The molecule has 1 fully saturated rings. The monoisotopic (exact) mass is 147 g/mol. The van der Waals surface area contributed by atoms with Crippen LogP contribution in [0.5, 0.6) is 0 Å². The first kappa shape index (κ1) is 6.73. The molecular weight excluding hydrogens is 138 g/mol. The van der Waals surface area contributed by atoms with Crippen LogP contribution in [0, 0.1) is 0 Å². The summed E-state index contributed by atoms with van der Waals surface area (Å²) in [5, 5.41) is 9.27. The summed E-state index contributed by atoms with van der Waals surface area (Å²) < 4.78 is 0. The summed E-state index contributed by atoms with van der Waals surface area (Å²) in [6, 6.07) is 0. The second-order valence-corrected chi connectivity index (χ2v) is 2.27. The standard InChI is InChI=1S/C4H9N3OS/c1-7-3(2-8)5-6-4(7)9/h3,5,8H,2H2,1H3,(H,6,9). The molecule has 0 radical (unpaired) electrons. The summed E-state index contributed by atoms with van der Waals surface area (Å²) in [4.78, 5) is 1.76. The molecule has 1 rings (SSSR count). The summed E-state index contributed by atoms with van der Waals surface area (Å²) in [7, 11) is 1.82. The van der Waals surface area contributed by atoms with Crippen LogP contribution in [0.25, 0.3) is 0 Å². The Morgan fingerprint density at radius 2 is 2.56 bits per heavy atom. The predicted molar refractivity (Wildman–Crippen MR) is 37.5 cm³/mol. The van der Waals surface area contributed by atoms with E-state index in [4.69, 9.17) is 17.3 Å². The highest BCUT2D eigenvalue weighted by atomic mass is 32.1. The van der Waals surface area contributed by atoms with E-state index in [-0.39, 0.29) is 12.8 Å². The molecule has 3 N–H and O–H groups in total. The molecule has 0 amide bonds. The van der Waals surface area contributed by atoms with Crippen LogP contribution in [-0.4, -0.2) is 34.9 Å². The van der Waals surface area contributed by atoms with Gasteiger partial charge in [0, 0.05) is 7.05 Å². The predicted octanol–water partition coefficient (Wildman–Crippen LogP) is -1.37. The zero-order chi connectivity index (χ0) is 6.85. The molecule has 0 saturated carbocycles. The van der Waals surface area contributed by atoms with Crippen LogP contribution >= 0.6 is 12.2 Å². The van der Waals surface area contributed by atoms with Gasteiger partial charge in [0.25, 0.3) is 0 Å². The van der Waals surface area contributed by atoms with Gasteiger partial charge in [0.15, 0.2) is 5.11 Å². The molecule has 5 heteroatoms. The van der Waals surface area contributed by atoms with Crippen molar-refractivity contribution in [3.63, 3.8) is 0 Å². The summed E-state index contributed by atoms with van der Waals surface area (Å²) >= 11 is 4.83. The van der Waals surface area contributed by atoms with Crippen molar-refractivity contribution in [1.29, 1.82) is 0 Å². The van der Waals surface area contributed by atoms with E-state index in [1.165, 1.54) is 0 Å². The van der Waals surface area contributed by atoms with E-state index < -0.39 is 0 Å². The number of rotatable bonds is 1. The minimum atomic E-state index is -0.0718. The first-order valence-electron chi connectivity index (χ1n) is 2.65. The molecule has 1 atom stereocenters. The van der Waals surface area contributed by atoms with E-state index >= 15 is 0 Å². The van der Waals surface area contributed by atoms with E-state index in [0.717, 1.165) is 0 Å². The third-order valence-corrected chi connectivity index (χ3v) is 1.70. The van der Waals surface area contributed by atoms with Crippen molar-refractivity contribution < 1.29 is 5.11 Å². The molecule has 4 nitrogen and oxygen atoms in total. The molecule has 1 aliphatic rings. The van der Waals surface area contributed by atoms with Crippen LogP contribution in [0.4, 0.5) is 0 Å². The lowest BCUT2D eigenvalue weighted by Gasteiger charge is -2.15. The number of nitrogens with one attached hydrogen (secondary N) is 2. The quantitative estimate of drug-likeness (QED) is 0.399. The van der Waals surface area contributed by atoms with Crippen molar-refractivity contribution in [2.75, 3.05) is 13.7 Å². The minimum absolute atomic E-state index is 0.0592. The fourth-order valence-corrected chi connectivity index (χ4v) is 0.826. The highest BCUT2D eigenvalue weighted by Crippen LogP contribution is 1.96. The van der Waals surface area contributed by atoms with Crippen LogP contribution < -0.4 is 10.9 Å². The van der Waals surface area contributed by atoms with E-state index in [0.29, 0.717) is 5.11 Å². The Kier molecular flexibility index (Phi) is 1.84. The first-order chi connectivity index (χ1) is 4.25. The average Bonchev–Trinajstić information content (AvgIpc) is 2.15. The maximum Gasteiger partial charge on any atom is 0.184 e. The van der Waals surface area contributed by atoms with Gasteiger partial charge in [0.1, 0.15) is 6.17 Å². The summed E-state index contributed by atoms with van der Waals surface area (Å²) in [5.41, 5.74) is 5.51. The van der Waals surface area contributed by atoms with Gasteiger partial charge in [-0.3, -0.25) is 5.43 Å². The molecule has 1 unspecified atom stereocenters. The number of aliphatic hydroxyl groups excluding tert-OH is 1. The van der Waals surface area contributed by atoms with Crippen LogP contribution in [0.1, 0.15) is 0 Å². The number of nitrogens with zero attached hydrogens (tertiary/aromatic N) is 1. The molecule has 0 aromatic carbocycles. The molecule has 1 saturated heterocycles. The second-order valence-electron chi connectivity index (χ2n) is 1.88. The topological polar surface area (TPSA) is 47.5 Å². The van der Waals surface area contributed by atoms with E-state index in [1.54, 1.807) is 4.90 Å². The lowest BCUT2D eigenvalue weighted by molar-refractivity contribution is 0.189. The van der Waals surface area contributed by atoms with Crippen molar-refractivity contribution in [3.05, 3.63) is 0 Å². The molecule has 9 heavy (non-hydrogen) atoms. The highest BCUT2D eigenvalue weighted by Gasteiger charge is 2.21. The lowest BCUT2D eigenvalue weighted by atomic mass is 10.5. The van der Waals surface area contributed by atoms with Gasteiger partial charge < -0.3 is 10.0 Å². The van der Waals surface area contributed by atoms with Gasteiger partial charge in [-0.2, -0.15) is 0 Å². The maximum absolute atomic E-state index is 8.65. The molecule has 0 aromatic rings. The fraction of sp³-hybridized carbons (Fsp3) is 0.750. The third kappa shape index (κ3) is 1.12. The van der Waals surface area contributed by atoms with Crippen molar-refractivity contribution in [1.82, 2.24) is 15.8 Å². The van der Waals surface area contributed by atoms with E-state index in [1.807, 2.05) is 7.05 Å². The fourth-order valence-electron chi connectivity index (χ4n) is 0.640.